The van der Waals surface area contributed by atoms with Crippen LogP contribution in [0.25, 0.3) is 0 Å². The number of ketones is 1. The lowest BCUT2D eigenvalue weighted by atomic mass is 10.4. The summed E-state index contributed by atoms with van der Waals surface area (Å²) in [6, 6.07) is 0.904. The summed E-state index contributed by atoms with van der Waals surface area (Å²) in [5, 5.41) is 0. The number of rotatable bonds is 5. The molecule has 1 aliphatic heterocycles. The van der Waals surface area contributed by atoms with Crippen LogP contribution in [-0.4, -0.2) is 37.5 Å². The molecule has 0 saturated heterocycles. The lowest BCUT2D eigenvalue weighted by molar-refractivity contribution is -0.141. The highest BCUT2D eigenvalue weighted by Crippen LogP contribution is 2.43. The molecule has 0 aromatic heterocycles. The third-order valence-corrected chi connectivity index (χ3v) is 2.85. The minimum absolute atomic E-state index is 0.324. The molecule has 1 aromatic rings. The van der Waals surface area contributed by atoms with Gasteiger partial charge in [-0.05, 0) is 6.85 Å². The maximum absolute atomic E-state index is 12.9. The first kappa shape index (κ1) is 9.66. The van der Waals surface area contributed by atoms with Gasteiger partial charge in [0.25, 0.3) is 0 Å². The summed E-state index contributed by atoms with van der Waals surface area (Å²) in [4.78, 5) is 35.9. The Morgan fingerprint density at radius 1 is 1.42 bits per heavy atom. The Bertz CT molecular complexity index is 957. The smallest absolute Gasteiger partial charge is 0.308 e. The van der Waals surface area contributed by atoms with Gasteiger partial charge in [0, 0.05) is 46.5 Å². The van der Waals surface area contributed by atoms with Gasteiger partial charge in [-0.15, -0.1) is 0 Å². The molecule has 2 atom stereocenters. The molecule has 0 radical (unpaired) electrons. The molecule has 7 nitrogen and oxygen atoms in total. The van der Waals surface area contributed by atoms with E-state index in [9.17, 15) is 14.4 Å². The molecule has 0 fully saturated rings. The normalized spacial score (nSPS) is 25.7. The zero-order chi connectivity index (χ0) is 24.8. The van der Waals surface area contributed by atoms with E-state index in [0.717, 1.165) is 27.0 Å². The van der Waals surface area contributed by atoms with Crippen molar-refractivity contribution in [3.05, 3.63) is 17.2 Å². The molecular weight excluding hydrogens is 322 g/mol. The Labute approximate surface area is 151 Å². The highest BCUT2D eigenvalue weighted by atomic mass is 16.6. The van der Waals surface area contributed by atoms with Crippen molar-refractivity contribution in [2.45, 2.75) is 39.6 Å². The fraction of sp³-hybridized carbons (Fsp3) is 0.471. The van der Waals surface area contributed by atoms with E-state index in [-0.39, 0.29) is 5.75 Å². The number of benzene rings is 1. The molecule has 0 saturated carbocycles. The second kappa shape index (κ2) is 7.33. The van der Waals surface area contributed by atoms with E-state index >= 15 is 0 Å². The minimum atomic E-state index is -3.38. The third-order valence-electron chi connectivity index (χ3n) is 2.85. The number of hydrogen-bond donors (Lipinski definition) is 0. The van der Waals surface area contributed by atoms with E-state index in [1.807, 2.05) is 0 Å². The van der Waals surface area contributed by atoms with E-state index in [4.69, 9.17) is 25.2 Å². The van der Waals surface area contributed by atoms with Gasteiger partial charge < -0.3 is 18.9 Å². The zero-order valence-electron chi connectivity index (χ0n) is 21.1. The van der Waals surface area contributed by atoms with Crippen molar-refractivity contribution < 1.29 is 44.3 Å². The van der Waals surface area contributed by atoms with Crippen LogP contribution in [0.1, 0.15) is 54.0 Å². The van der Waals surface area contributed by atoms with Crippen LogP contribution in [0.5, 0.6) is 17.2 Å². The molecule has 1 aromatic carbocycles. The second-order valence-corrected chi connectivity index (χ2v) is 4.64. The van der Waals surface area contributed by atoms with Gasteiger partial charge in [0.1, 0.15) is 28.9 Å². The average Bonchev–Trinajstić information content (AvgIpc) is 2.60. The van der Waals surface area contributed by atoms with Crippen molar-refractivity contribution in [2.24, 2.45) is 0 Å². The first-order chi connectivity index (χ1) is 14.5. The maximum atomic E-state index is 12.9. The van der Waals surface area contributed by atoms with Crippen molar-refractivity contribution in [3.8, 4) is 17.2 Å². The van der Waals surface area contributed by atoms with Gasteiger partial charge in [0.05, 0.1) is 16.4 Å². The standard InChI is InChI=1S/C17H20O7/c1-9-7-13(20)16-15(21-4)8-14(24-11(3)19)12(17(16)23-9)5-6-22-10(2)18/h8-9H,5-7H2,1-4H3/t9-/m1/s1/i1+1D3,5+1D2,6D2,7+1D,8+1,12+1,16+1/t7?,9-. The van der Waals surface area contributed by atoms with Crippen molar-refractivity contribution >= 4 is 17.7 Å². The predicted molar refractivity (Wildman–Crippen MR) is 83.7 cm³/mol. The zero-order valence-corrected chi connectivity index (χ0v) is 13.1. The van der Waals surface area contributed by atoms with Crippen LogP contribution < -0.4 is 14.2 Å². The summed E-state index contributed by atoms with van der Waals surface area (Å²) in [5.74, 6) is -5.02. The first-order valence-electron chi connectivity index (χ1n) is 10.8. The Morgan fingerprint density at radius 2 is 2.17 bits per heavy atom. The Hall–Kier alpha value is -2.57. The van der Waals surface area contributed by atoms with Crippen LogP contribution in [0.4, 0.5) is 0 Å². The molecule has 24 heavy (non-hydrogen) atoms. The van der Waals surface area contributed by atoms with E-state index in [2.05, 4.69) is 4.74 Å². The van der Waals surface area contributed by atoms with Crippen molar-refractivity contribution in [1.29, 1.82) is 0 Å². The number of carbonyl (C=O) groups excluding carboxylic acids is 3. The van der Waals surface area contributed by atoms with Crippen molar-refractivity contribution in [1.82, 2.24) is 0 Å². The van der Waals surface area contributed by atoms with Crippen molar-refractivity contribution in [2.75, 3.05) is 13.7 Å². The Kier molecular flexibility index (Phi) is 2.95. The number of fused-ring (bicyclic) bond motifs is 1. The number of carbonyl (C=O) groups is 3. The Balaban J connectivity index is 2.96. The summed E-state index contributed by atoms with van der Waals surface area (Å²) in [7, 11) is 1.11. The summed E-state index contributed by atoms with van der Waals surface area (Å²) >= 11 is 0. The number of Topliss-reactive ketones (excluding diaryl/α,β-unsaturated/α-hetero) is 1. The van der Waals surface area contributed by atoms with Gasteiger partial charge in [-0.2, -0.15) is 0 Å². The lowest BCUT2D eigenvalue weighted by Crippen LogP contribution is -2.26. The number of esters is 2. The lowest BCUT2D eigenvalue weighted by Gasteiger charge is -2.27. The fourth-order valence-corrected chi connectivity index (χ4v) is 2.01. The predicted octanol–water partition coefficient (Wildman–Crippen LogP) is 2.08. The Morgan fingerprint density at radius 3 is 2.75 bits per heavy atom. The average molecular weight is 350 g/mol. The maximum Gasteiger partial charge on any atom is 0.308 e. The molecule has 7 heteroatoms. The van der Waals surface area contributed by atoms with Crippen LogP contribution in [0.2, 0.25) is 0 Å². The van der Waals surface area contributed by atoms with Gasteiger partial charge in [0.15, 0.2) is 5.78 Å². The van der Waals surface area contributed by atoms with Gasteiger partial charge in [0.2, 0.25) is 0 Å². The van der Waals surface area contributed by atoms with Crippen LogP contribution in [0.15, 0.2) is 6.07 Å². The summed E-state index contributed by atoms with van der Waals surface area (Å²) in [6.07, 6.45) is -7.31. The fourth-order valence-electron chi connectivity index (χ4n) is 2.01. The van der Waals surface area contributed by atoms with Crippen LogP contribution in [-0.2, 0) is 20.7 Å². The summed E-state index contributed by atoms with van der Waals surface area (Å²) in [5.41, 5.74) is -1.44. The number of hydrogen-bond acceptors (Lipinski definition) is 7. The molecule has 0 aliphatic carbocycles. The molecule has 0 spiro atoms. The number of ether oxygens (including phenoxy) is 4. The molecular formula is C17H20O7. The molecule has 0 amide bonds. The quantitative estimate of drug-likeness (QED) is 0.456. The van der Waals surface area contributed by atoms with Gasteiger partial charge in [-0.25, -0.2) is 0 Å². The van der Waals surface area contributed by atoms with E-state index in [1.165, 1.54) is 0 Å². The highest BCUT2D eigenvalue weighted by molar-refractivity contribution is 6.03. The van der Waals surface area contributed by atoms with Gasteiger partial charge >= 0.3 is 11.9 Å². The summed E-state index contributed by atoms with van der Waals surface area (Å²) < 4.78 is 83.2. The number of methoxy groups -OCH3 is 1. The van der Waals surface area contributed by atoms with Gasteiger partial charge in [-0.1, -0.05) is 0 Å². The van der Waals surface area contributed by atoms with E-state index in [1.54, 1.807) is 0 Å². The van der Waals surface area contributed by atoms with Gasteiger partial charge in [-0.3, -0.25) is 14.4 Å². The molecule has 1 unspecified atom stereocenters. The summed E-state index contributed by atoms with van der Waals surface area (Å²) in [6.45, 7) is -4.58. The van der Waals surface area contributed by atoms with E-state index in [0.29, 0.717) is 0 Å². The van der Waals surface area contributed by atoms with Crippen LogP contribution in [0.3, 0.4) is 0 Å². The largest absolute Gasteiger partial charge is 0.496 e. The molecule has 0 bridgehead atoms. The molecule has 2 rings (SSSR count). The second-order valence-electron chi connectivity index (χ2n) is 4.64. The highest BCUT2D eigenvalue weighted by Gasteiger charge is 2.32. The molecule has 1 heterocycles. The third kappa shape index (κ3) is 3.84. The topological polar surface area (TPSA) is 88.1 Å². The SMILES string of the molecule is [2H][13CH]1C(=O)[13c]2c(OC)[13cH]c(OC(C)=O)[13c]([13C]([2H])([2H])C([2H])([2H])OC(C)=O)c2O[C@@H]1[13C]([2H])([2H])[2H]. The molecule has 130 valence electrons. The minimum Gasteiger partial charge on any atom is -0.496 e. The van der Waals surface area contributed by atoms with E-state index < -0.39 is 72.6 Å². The monoisotopic (exact) mass is 350 g/mol. The van der Waals surface area contributed by atoms with Crippen molar-refractivity contribution in [3.63, 3.8) is 0 Å². The molecule has 1 aliphatic rings. The van der Waals surface area contributed by atoms with Crippen LogP contribution >= 0.6 is 0 Å². The first-order valence-corrected chi connectivity index (χ1v) is 6.72. The molecule has 0 N–H and O–H groups in total. The van der Waals surface area contributed by atoms with Crippen LogP contribution in [0, 0.1) is 0 Å².